The number of furan rings is 1. The zero-order valence-corrected chi connectivity index (χ0v) is 23.1. The molecule has 0 bridgehead atoms. The maximum absolute atomic E-state index is 13.2. The molecule has 0 unspecified atom stereocenters. The summed E-state index contributed by atoms with van der Waals surface area (Å²) in [6.45, 7) is 6.29. The number of hydrogen-bond donors (Lipinski definition) is 3. The Bertz CT molecular complexity index is 1540. The SMILES string of the molecule is C=C(NCc1ccc(-c2cc(C(=O)N[C@@H](CO)Cc3ccc(C#N)cc3)c(Cl)cc2OC)o1)c1ccc(C)cc1. The van der Waals surface area contributed by atoms with Gasteiger partial charge in [0, 0.05) is 11.8 Å². The molecule has 40 heavy (non-hydrogen) atoms. The monoisotopic (exact) mass is 555 g/mol. The van der Waals surface area contributed by atoms with Crippen LogP contribution in [-0.4, -0.2) is 30.8 Å². The lowest BCUT2D eigenvalue weighted by molar-refractivity contribution is 0.0916. The molecule has 0 radical (unpaired) electrons. The Morgan fingerprint density at radius 1 is 1.12 bits per heavy atom. The second-order valence-electron chi connectivity index (χ2n) is 9.36. The van der Waals surface area contributed by atoms with E-state index in [1.807, 2.05) is 37.3 Å². The fraction of sp³-hybridized carbons (Fsp3) is 0.188. The van der Waals surface area contributed by atoms with E-state index in [4.69, 9.17) is 26.0 Å². The first-order valence-electron chi connectivity index (χ1n) is 12.7. The third-order valence-corrected chi connectivity index (χ3v) is 6.77. The molecule has 1 atom stereocenters. The number of amides is 1. The van der Waals surface area contributed by atoms with Gasteiger partial charge in [0.05, 0.1) is 54.1 Å². The van der Waals surface area contributed by atoms with Gasteiger partial charge in [0.2, 0.25) is 0 Å². The Morgan fingerprint density at radius 2 is 1.85 bits per heavy atom. The summed E-state index contributed by atoms with van der Waals surface area (Å²) >= 11 is 6.46. The predicted octanol–water partition coefficient (Wildman–Crippen LogP) is 5.88. The van der Waals surface area contributed by atoms with Crippen LogP contribution in [0, 0.1) is 18.3 Å². The number of nitrogens with one attached hydrogen (secondary N) is 2. The van der Waals surface area contributed by atoms with Crippen LogP contribution < -0.4 is 15.4 Å². The van der Waals surface area contributed by atoms with Crippen LogP contribution in [0.15, 0.2) is 83.8 Å². The molecule has 0 saturated heterocycles. The molecule has 4 aromatic rings. The number of nitrogens with zero attached hydrogens (tertiary/aromatic N) is 1. The van der Waals surface area contributed by atoms with Gasteiger partial charge in [-0.3, -0.25) is 4.79 Å². The molecule has 7 nitrogen and oxygen atoms in total. The molecule has 204 valence electrons. The van der Waals surface area contributed by atoms with E-state index in [1.165, 1.54) is 12.7 Å². The average molecular weight is 556 g/mol. The van der Waals surface area contributed by atoms with Gasteiger partial charge >= 0.3 is 0 Å². The highest BCUT2D eigenvalue weighted by atomic mass is 35.5. The lowest BCUT2D eigenvalue weighted by Gasteiger charge is -2.18. The topological polar surface area (TPSA) is 108 Å². The van der Waals surface area contributed by atoms with E-state index in [2.05, 4.69) is 23.3 Å². The fourth-order valence-corrected chi connectivity index (χ4v) is 4.42. The van der Waals surface area contributed by atoms with Gasteiger partial charge < -0.3 is 24.9 Å². The van der Waals surface area contributed by atoms with E-state index in [0.717, 1.165) is 16.8 Å². The summed E-state index contributed by atoms with van der Waals surface area (Å²) in [6.07, 6.45) is 0.386. The minimum absolute atomic E-state index is 0.205. The van der Waals surface area contributed by atoms with Gasteiger partial charge in [0.15, 0.2) is 0 Å². The zero-order valence-electron chi connectivity index (χ0n) is 22.3. The first-order chi connectivity index (χ1) is 19.3. The molecule has 0 fully saturated rings. The lowest BCUT2D eigenvalue weighted by atomic mass is 10.0. The third kappa shape index (κ3) is 6.92. The largest absolute Gasteiger partial charge is 0.496 e. The molecule has 3 aromatic carbocycles. The van der Waals surface area contributed by atoms with E-state index in [-0.39, 0.29) is 17.2 Å². The molecule has 1 amide bonds. The summed E-state index contributed by atoms with van der Waals surface area (Å²) in [6, 6.07) is 23.4. The van der Waals surface area contributed by atoms with Crippen molar-refractivity contribution < 1.29 is 19.1 Å². The van der Waals surface area contributed by atoms with Crippen LogP contribution in [0.4, 0.5) is 0 Å². The summed E-state index contributed by atoms with van der Waals surface area (Å²) in [5, 5.41) is 25.2. The first kappa shape index (κ1) is 28.5. The number of carbonyl (C=O) groups excluding carboxylic acids is 1. The number of methoxy groups -OCH3 is 1. The highest BCUT2D eigenvalue weighted by Crippen LogP contribution is 2.36. The molecule has 0 spiro atoms. The molecule has 0 saturated carbocycles. The van der Waals surface area contributed by atoms with Gasteiger partial charge in [-0.05, 0) is 54.8 Å². The van der Waals surface area contributed by atoms with Gasteiger partial charge in [-0.15, -0.1) is 0 Å². The standard InChI is InChI=1S/C32H30ClN3O4/c1-20-4-10-24(11-5-20)21(2)35-18-26-12-13-30(40-26)28-15-27(29(33)16-31(28)39-3)32(38)36-25(19-37)14-22-6-8-23(17-34)9-7-22/h4-13,15-16,25,35,37H,2,14,18-19H2,1,3H3,(H,36,38)/t25-/m1/s1. The quantitative estimate of drug-likeness (QED) is 0.213. The lowest BCUT2D eigenvalue weighted by Crippen LogP contribution is -2.39. The number of aryl methyl sites for hydroxylation is 1. The van der Waals surface area contributed by atoms with Gasteiger partial charge in [-0.25, -0.2) is 0 Å². The van der Waals surface area contributed by atoms with Crippen LogP contribution in [0.5, 0.6) is 5.75 Å². The molecule has 0 aliphatic heterocycles. The Morgan fingerprint density at radius 3 is 2.50 bits per heavy atom. The average Bonchev–Trinajstić information content (AvgIpc) is 3.44. The van der Waals surface area contributed by atoms with Crippen LogP contribution in [0.2, 0.25) is 5.02 Å². The van der Waals surface area contributed by atoms with Crippen molar-refractivity contribution in [1.29, 1.82) is 5.26 Å². The van der Waals surface area contributed by atoms with Crippen molar-refractivity contribution >= 4 is 23.2 Å². The van der Waals surface area contributed by atoms with Crippen molar-refractivity contribution in [3.05, 3.63) is 118 Å². The number of rotatable bonds is 11. The van der Waals surface area contributed by atoms with Crippen molar-refractivity contribution in [3.8, 4) is 23.1 Å². The molecule has 0 aliphatic carbocycles. The smallest absolute Gasteiger partial charge is 0.253 e. The van der Waals surface area contributed by atoms with Crippen LogP contribution in [0.1, 0.15) is 38.4 Å². The maximum Gasteiger partial charge on any atom is 0.253 e. The number of benzene rings is 3. The number of halogens is 1. The molecule has 0 aliphatic rings. The molecule has 8 heteroatoms. The van der Waals surface area contributed by atoms with Crippen molar-refractivity contribution in [2.75, 3.05) is 13.7 Å². The predicted molar refractivity (Wildman–Crippen MR) is 156 cm³/mol. The van der Waals surface area contributed by atoms with E-state index in [0.29, 0.717) is 41.4 Å². The number of carbonyl (C=O) groups is 1. The molecular weight excluding hydrogens is 526 g/mol. The fourth-order valence-electron chi connectivity index (χ4n) is 4.18. The van der Waals surface area contributed by atoms with Gasteiger partial charge in [-0.1, -0.05) is 60.1 Å². The summed E-state index contributed by atoms with van der Waals surface area (Å²) in [5.74, 6) is 1.20. The minimum Gasteiger partial charge on any atom is -0.496 e. The molecule has 1 aromatic heterocycles. The summed E-state index contributed by atoms with van der Waals surface area (Å²) < 4.78 is 11.6. The minimum atomic E-state index is -0.551. The number of hydrogen-bond acceptors (Lipinski definition) is 6. The van der Waals surface area contributed by atoms with Crippen LogP contribution in [-0.2, 0) is 13.0 Å². The van der Waals surface area contributed by atoms with E-state index in [1.54, 1.807) is 42.5 Å². The normalized spacial score (nSPS) is 11.4. The molecular formula is C32H30ClN3O4. The highest BCUT2D eigenvalue weighted by Gasteiger charge is 2.21. The van der Waals surface area contributed by atoms with E-state index in [9.17, 15) is 9.90 Å². The number of aliphatic hydroxyl groups is 1. The third-order valence-electron chi connectivity index (χ3n) is 6.46. The Hall–Kier alpha value is -4.51. The van der Waals surface area contributed by atoms with Crippen molar-refractivity contribution in [3.63, 3.8) is 0 Å². The van der Waals surface area contributed by atoms with Crippen LogP contribution in [0.25, 0.3) is 17.0 Å². The highest BCUT2D eigenvalue weighted by molar-refractivity contribution is 6.34. The number of ether oxygens (including phenoxy) is 1. The van der Waals surface area contributed by atoms with Crippen molar-refractivity contribution in [2.24, 2.45) is 0 Å². The van der Waals surface area contributed by atoms with Crippen LogP contribution in [0.3, 0.4) is 0 Å². The Balaban J connectivity index is 1.48. The number of nitriles is 1. The van der Waals surface area contributed by atoms with Crippen molar-refractivity contribution in [1.82, 2.24) is 10.6 Å². The van der Waals surface area contributed by atoms with Gasteiger partial charge in [-0.2, -0.15) is 5.26 Å². The van der Waals surface area contributed by atoms with Crippen molar-refractivity contribution in [2.45, 2.75) is 25.9 Å². The first-order valence-corrected chi connectivity index (χ1v) is 13.1. The van der Waals surface area contributed by atoms with Crippen LogP contribution >= 0.6 is 11.6 Å². The second kappa shape index (κ2) is 13.0. The van der Waals surface area contributed by atoms with Gasteiger partial charge in [0.1, 0.15) is 17.3 Å². The second-order valence-corrected chi connectivity index (χ2v) is 9.77. The van der Waals surface area contributed by atoms with Gasteiger partial charge in [0.25, 0.3) is 5.91 Å². The Labute approximate surface area is 238 Å². The summed E-state index contributed by atoms with van der Waals surface area (Å²) in [4.78, 5) is 13.2. The molecule has 3 N–H and O–H groups in total. The summed E-state index contributed by atoms with van der Waals surface area (Å²) in [5.41, 5.74) is 5.15. The van der Waals surface area contributed by atoms with E-state index >= 15 is 0 Å². The maximum atomic E-state index is 13.2. The summed E-state index contributed by atoms with van der Waals surface area (Å²) in [7, 11) is 1.52. The molecule has 4 rings (SSSR count). The molecule has 1 heterocycles. The Kier molecular flexibility index (Phi) is 9.28. The number of aliphatic hydroxyl groups excluding tert-OH is 1. The van der Waals surface area contributed by atoms with E-state index < -0.39 is 11.9 Å². The zero-order chi connectivity index (χ0) is 28.6.